The van der Waals surface area contributed by atoms with Crippen LogP contribution in [0.2, 0.25) is 0 Å². The standard InChI is InChI=1S/C10H8N3O2P/c11-7-4-13-8-2-1-3-12-9(8)10(7)16(5-14)6-15/h1-6H,11H2. The van der Waals surface area contributed by atoms with Crippen molar-refractivity contribution in [1.82, 2.24) is 9.97 Å². The number of nitrogens with two attached hydrogens (primary N) is 1. The molecule has 0 fully saturated rings. The third kappa shape index (κ3) is 1.66. The van der Waals surface area contributed by atoms with Gasteiger partial charge >= 0.3 is 0 Å². The number of aromatic nitrogens is 2. The first-order valence-electron chi connectivity index (χ1n) is 4.46. The smallest absolute Gasteiger partial charge is 0.153 e. The molecular weight excluding hydrogens is 225 g/mol. The molecule has 0 radical (unpaired) electrons. The molecule has 0 amide bonds. The van der Waals surface area contributed by atoms with E-state index < -0.39 is 7.92 Å². The molecule has 0 bridgehead atoms. The van der Waals surface area contributed by atoms with Gasteiger partial charge in [0.1, 0.15) is 0 Å². The number of hydrogen-bond donors (Lipinski definition) is 1. The van der Waals surface area contributed by atoms with E-state index in [1.54, 1.807) is 18.3 Å². The Balaban J connectivity index is 2.79. The van der Waals surface area contributed by atoms with Crippen molar-refractivity contribution in [1.29, 1.82) is 0 Å². The van der Waals surface area contributed by atoms with E-state index in [0.29, 0.717) is 34.1 Å². The lowest BCUT2D eigenvalue weighted by Crippen LogP contribution is -2.12. The van der Waals surface area contributed by atoms with E-state index in [1.807, 2.05) is 0 Å². The second kappa shape index (κ2) is 4.33. The molecule has 16 heavy (non-hydrogen) atoms. The summed E-state index contributed by atoms with van der Waals surface area (Å²) >= 11 is 0. The van der Waals surface area contributed by atoms with E-state index in [4.69, 9.17) is 5.73 Å². The van der Waals surface area contributed by atoms with Gasteiger partial charge in [0, 0.05) is 11.5 Å². The van der Waals surface area contributed by atoms with Crippen LogP contribution in [0, 0.1) is 0 Å². The Morgan fingerprint density at radius 3 is 2.69 bits per heavy atom. The van der Waals surface area contributed by atoms with Gasteiger partial charge in [0.25, 0.3) is 0 Å². The Bertz CT molecular complexity index is 551. The van der Waals surface area contributed by atoms with Gasteiger partial charge in [0.15, 0.2) is 12.1 Å². The molecule has 80 valence electrons. The maximum absolute atomic E-state index is 10.8. The predicted octanol–water partition coefficient (Wildman–Crippen LogP) is 0.700. The van der Waals surface area contributed by atoms with Crippen LogP contribution in [0.5, 0.6) is 0 Å². The van der Waals surface area contributed by atoms with Gasteiger partial charge in [-0.15, -0.1) is 0 Å². The number of pyridine rings is 2. The molecule has 0 aliphatic heterocycles. The molecule has 0 aliphatic carbocycles. The summed E-state index contributed by atoms with van der Waals surface area (Å²) in [4.78, 5) is 29.9. The molecule has 0 saturated carbocycles. The summed E-state index contributed by atoms with van der Waals surface area (Å²) in [5, 5.41) is 0.491. The first-order valence-corrected chi connectivity index (χ1v) is 5.94. The fraction of sp³-hybridized carbons (Fsp3) is 0. The zero-order valence-electron chi connectivity index (χ0n) is 8.20. The molecule has 0 aromatic carbocycles. The molecule has 2 N–H and O–H groups in total. The Kier molecular flexibility index (Phi) is 2.88. The first kappa shape index (κ1) is 10.6. The molecule has 0 aliphatic rings. The zero-order chi connectivity index (χ0) is 11.5. The van der Waals surface area contributed by atoms with E-state index in [2.05, 4.69) is 9.97 Å². The predicted molar refractivity (Wildman–Crippen MR) is 64.0 cm³/mol. The Labute approximate surface area is 92.4 Å². The van der Waals surface area contributed by atoms with Gasteiger partial charge in [-0.3, -0.25) is 19.6 Å². The van der Waals surface area contributed by atoms with Gasteiger partial charge in [-0.25, -0.2) is 0 Å². The van der Waals surface area contributed by atoms with Gasteiger partial charge in [-0.2, -0.15) is 0 Å². The number of hydrogen-bond acceptors (Lipinski definition) is 5. The summed E-state index contributed by atoms with van der Waals surface area (Å²) in [6.45, 7) is 0. The summed E-state index contributed by atoms with van der Waals surface area (Å²) < 4.78 is 0. The fourth-order valence-corrected chi connectivity index (χ4v) is 2.46. The zero-order valence-corrected chi connectivity index (χ0v) is 9.09. The van der Waals surface area contributed by atoms with Gasteiger partial charge in [-0.05, 0) is 12.1 Å². The summed E-state index contributed by atoms with van der Waals surface area (Å²) in [6, 6.07) is 4.72. The SMILES string of the molecule is Nc1cnc2cccnc2c1P(C=O)C=O. The molecule has 0 spiro atoms. The van der Waals surface area contributed by atoms with Crippen LogP contribution in [0.3, 0.4) is 0 Å². The molecular formula is C10H8N3O2P. The normalized spacial score (nSPS) is 10.6. The molecule has 2 heterocycles. The Morgan fingerprint density at radius 2 is 2.00 bits per heavy atom. The van der Waals surface area contributed by atoms with Crippen molar-refractivity contribution in [3.05, 3.63) is 24.5 Å². The Hall–Kier alpha value is -1.87. The number of anilines is 1. The highest BCUT2D eigenvalue weighted by atomic mass is 31.1. The van der Waals surface area contributed by atoms with Crippen LogP contribution in [0.4, 0.5) is 5.69 Å². The number of nitrogens with zero attached hydrogens (tertiary/aromatic N) is 2. The summed E-state index contributed by atoms with van der Waals surface area (Å²) in [5.41, 5.74) is 7.21. The van der Waals surface area contributed by atoms with Crippen LogP contribution >= 0.6 is 7.92 Å². The van der Waals surface area contributed by atoms with E-state index in [-0.39, 0.29) is 0 Å². The van der Waals surface area contributed by atoms with E-state index in [1.165, 1.54) is 6.20 Å². The Morgan fingerprint density at radius 1 is 1.25 bits per heavy atom. The van der Waals surface area contributed by atoms with Gasteiger partial charge in [0.05, 0.1) is 30.8 Å². The molecule has 6 heteroatoms. The second-order valence-electron chi connectivity index (χ2n) is 3.05. The van der Waals surface area contributed by atoms with Crippen molar-refractivity contribution < 1.29 is 9.59 Å². The largest absolute Gasteiger partial charge is 0.397 e. The maximum atomic E-state index is 10.8. The minimum Gasteiger partial charge on any atom is -0.397 e. The lowest BCUT2D eigenvalue weighted by atomic mass is 10.3. The highest BCUT2D eigenvalue weighted by molar-refractivity contribution is 7.91. The monoisotopic (exact) mass is 233 g/mol. The van der Waals surface area contributed by atoms with Gasteiger partial charge < -0.3 is 5.73 Å². The average molecular weight is 233 g/mol. The number of nitrogen functional groups attached to an aromatic ring is 1. The highest BCUT2D eigenvalue weighted by Gasteiger charge is 2.17. The van der Waals surface area contributed by atoms with E-state index >= 15 is 0 Å². The molecule has 2 rings (SSSR count). The van der Waals surface area contributed by atoms with Crippen molar-refractivity contribution in [2.24, 2.45) is 0 Å². The van der Waals surface area contributed by atoms with Crippen molar-refractivity contribution in [3.8, 4) is 0 Å². The summed E-state index contributed by atoms with van der Waals surface area (Å²) in [6.07, 6.45) is 3.03. The first-order chi connectivity index (χ1) is 7.77. The molecule has 5 nitrogen and oxygen atoms in total. The molecule has 2 aromatic heterocycles. The van der Waals surface area contributed by atoms with Gasteiger partial charge in [-0.1, -0.05) is 0 Å². The number of fused-ring (bicyclic) bond motifs is 1. The maximum Gasteiger partial charge on any atom is 0.153 e. The number of carbonyl (C=O) groups is 2. The molecule has 2 aromatic rings. The lowest BCUT2D eigenvalue weighted by Gasteiger charge is -2.09. The van der Waals surface area contributed by atoms with Crippen LogP contribution in [0.1, 0.15) is 0 Å². The summed E-state index contributed by atoms with van der Waals surface area (Å²) in [5.74, 6) is 0. The molecule has 0 atom stereocenters. The minimum absolute atomic E-state index is 0.330. The van der Waals surface area contributed by atoms with Crippen molar-refractivity contribution in [2.75, 3.05) is 5.73 Å². The van der Waals surface area contributed by atoms with Crippen LogP contribution in [0.25, 0.3) is 11.0 Å². The topological polar surface area (TPSA) is 85.9 Å². The third-order valence-electron chi connectivity index (χ3n) is 2.11. The van der Waals surface area contributed by atoms with Crippen LogP contribution in [-0.2, 0) is 9.59 Å². The third-order valence-corrected chi connectivity index (χ3v) is 3.55. The number of carbonyl (C=O) groups excluding carboxylic acids is 2. The van der Waals surface area contributed by atoms with Crippen molar-refractivity contribution >= 4 is 42.0 Å². The summed E-state index contributed by atoms with van der Waals surface area (Å²) in [7, 11) is -1.56. The number of rotatable bonds is 3. The average Bonchev–Trinajstić information content (AvgIpc) is 2.33. The lowest BCUT2D eigenvalue weighted by molar-refractivity contribution is 0.566. The van der Waals surface area contributed by atoms with E-state index in [9.17, 15) is 9.59 Å². The van der Waals surface area contributed by atoms with Crippen LogP contribution < -0.4 is 11.0 Å². The molecule has 0 saturated heterocycles. The van der Waals surface area contributed by atoms with Crippen molar-refractivity contribution in [3.63, 3.8) is 0 Å². The van der Waals surface area contributed by atoms with Crippen LogP contribution in [0.15, 0.2) is 24.5 Å². The fourth-order valence-electron chi connectivity index (χ4n) is 1.42. The van der Waals surface area contributed by atoms with Crippen LogP contribution in [-0.4, -0.2) is 22.0 Å². The van der Waals surface area contributed by atoms with Crippen molar-refractivity contribution in [2.45, 2.75) is 0 Å². The minimum atomic E-state index is -1.56. The molecule has 0 unspecified atom stereocenters. The second-order valence-corrected chi connectivity index (χ2v) is 4.73. The highest BCUT2D eigenvalue weighted by Crippen LogP contribution is 2.31. The van der Waals surface area contributed by atoms with E-state index in [0.717, 1.165) is 0 Å². The van der Waals surface area contributed by atoms with Gasteiger partial charge in [0.2, 0.25) is 0 Å². The quantitative estimate of drug-likeness (QED) is 0.622.